The van der Waals surface area contributed by atoms with Crippen molar-refractivity contribution in [2.75, 3.05) is 11.4 Å². The lowest BCUT2D eigenvalue weighted by Gasteiger charge is -2.19. The second-order valence-electron chi connectivity index (χ2n) is 5.47. The van der Waals surface area contributed by atoms with Crippen molar-refractivity contribution in [2.45, 2.75) is 45.2 Å². The fourth-order valence-electron chi connectivity index (χ4n) is 2.20. The van der Waals surface area contributed by atoms with E-state index in [0.717, 1.165) is 25.1 Å². The first-order chi connectivity index (χ1) is 10.4. The Morgan fingerprint density at radius 2 is 2.05 bits per heavy atom. The number of nitrogens with one attached hydrogen (secondary N) is 1. The molecular formula is C16H22N4O. The van der Waals surface area contributed by atoms with E-state index in [1.165, 1.54) is 12.8 Å². The molecule has 1 N–H and O–H groups in total. The van der Waals surface area contributed by atoms with Crippen molar-refractivity contribution in [3.8, 4) is 0 Å². The molecule has 0 amide bonds. The molecule has 5 nitrogen and oxygen atoms in total. The maximum absolute atomic E-state index is 5.82. The van der Waals surface area contributed by atoms with Gasteiger partial charge in [-0.3, -0.25) is 4.90 Å². The van der Waals surface area contributed by atoms with Crippen molar-refractivity contribution in [2.24, 2.45) is 0 Å². The molecule has 1 aromatic heterocycles. The molecule has 1 fully saturated rings. The summed E-state index contributed by atoms with van der Waals surface area (Å²) in [5.41, 5.74) is 1.09. The minimum atomic E-state index is 0.585. The summed E-state index contributed by atoms with van der Waals surface area (Å²) in [6.07, 6.45) is 4.74. The molecule has 0 unspecified atom stereocenters. The Hall–Kier alpha value is -1.88. The Kier molecular flexibility index (Phi) is 4.50. The van der Waals surface area contributed by atoms with Crippen LogP contribution in [0.25, 0.3) is 0 Å². The Labute approximate surface area is 125 Å². The number of benzene rings is 1. The van der Waals surface area contributed by atoms with Crippen molar-refractivity contribution in [3.63, 3.8) is 0 Å². The van der Waals surface area contributed by atoms with Gasteiger partial charge in [-0.05, 0) is 31.4 Å². The third-order valence-electron chi connectivity index (χ3n) is 3.61. The van der Waals surface area contributed by atoms with Gasteiger partial charge < -0.3 is 9.73 Å². The van der Waals surface area contributed by atoms with Crippen LogP contribution in [0.5, 0.6) is 0 Å². The van der Waals surface area contributed by atoms with Crippen molar-refractivity contribution in [3.05, 3.63) is 36.2 Å². The topological polar surface area (TPSA) is 54.2 Å². The van der Waals surface area contributed by atoms with Gasteiger partial charge in [-0.1, -0.05) is 36.6 Å². The number of hydrogen-bond donors (Lipinski definition) is 1. The van der Waals surface area contributed by atoms with Crippen molar-refractivity contribution in [1.82, 2.24) is 15.5 Å². The molecule has 1 saturated carbocycles. The van der Waals surface area contributed by atoms with E-state index in [4.69, 9.17) is 4.42 Å². The van der Waals surface area contributed by atoms with Crippen LogP contribution in [-0.4, -0.2) is 22.8 Å². The number of nitrogens with zero attached hydrogens (tertiary/aromatic N) is 3. The zero-order chi connectivity index (χ0) is 14.5. The lowest BCUT2D eigenvalue weighted by Crippen LogP contribution is -2.18. The monoisotopic (exact) mass is 286 g/mol. The summed E-state index contributed by atoms with van der Waals surface area (Å²) in [6, 6.07) is 11.4. The van der Waals surface area contributed by atoms with Gasteiger partial charge in [-0.25, -0.2) is 0 Å². The quantitative estimate of drug-likeness (QED) is 0.807. The summed E-state index contributed by atoms with van der Waals surface area (Å²) in [5.74, 6) is 0.661. The van der Waals surface area contributed by atoms with E-state index in [2.05, 4.69) is 39.5 Å². The standard InChI is InChI=1S/C16H22N4O/c1-2-3-11-20(14-7-5-4-6-8-14)16-19-18-15(21-16)12-17-13-9-10-13/h4-8,13,17H,2-3,9-12H2,1H3. The second kappa shape index (κ2) is 6.72. The van der Waals surface area contributed by atoms with Gasteiger partial charge in [0.05, 0.1) is 6.54 Å². The average Bonchev–Trinajstić information content (AvgIpc) is 3.25. The molecule has 0 saturated heterocycles. The van der Waals surface area contributed by atoms with E-state index in [9.17, 15) is 0 Å². The van der Waals surface area contributed by atoms with Crippen LogP contribution in [0.1, 0.15) is 38.5 Å². The number of anilines is 2. The molecule has 0 spiro atoms. The van der Waals surface area contributed by atoms with Crippen molar-refractivity contribution < 1.29 is 4.42 Å². The van der Waals surface area contributed by atoms with Gasteiger partial charge in [-0.2, -0.15) is 0 Å². The molecule has 1 aliphatic carbocycles. The van der Waals surface area contributed by atoms with Gasteiger partial charge in [0.25, 0.3) is 0 Å². The minimum Gasteiger partial charge on any atom is -0.406 e. The molecule has 2 aromatic rings. The van der Waals surface area contributed by atoms with Gasteiger partial charge in [0.15, 0.2) is 0 Å². The molecule has 1 aliphatic rings. The molecule has 1 heterocycles. The number of aromatic nitrogens is 2. The summed E-state index contributed by atoms with van der Waals surface area (Å²) < 4.78 is 5.82. The number of rotatable bonds is 8. The Balaban J connectivity index is 1.72. The summed E-state index contributed by atoms with van der Waals surface area (Å²) >= 11 is 0. The number of para-hydroxylation sites is 1. The normalized spacial score (nSPS) is 14.3. The maximum Gasteiger partial charge on any atom is 0.322 e. The molecule has 5 heteroatoms. The highest BCUT2D eigenvalue weighted by molar-refractivity contribution is 5.55. The second-order valence-corrected chi connectivity index (χ2v) is 5.47. The number of hydrogen-bond acceptors (Lipinski definition) is 5. The Morgan fingerprint density at radius 1 is 1.24 bits per heavy atom. The maximum atomic E-state index is 5.82. The highest BCUT2D eigenvalue weighted by atomic mass is 16.4. The van der Waals surface area contributed by atoms with Crippen LogP contribution in [0, 0.1) is 0 Å². The van der Waals surface area contributed by atoms with Crippen molar-refractivity contribution in [1.29, 1.82) is 0 Å². The molecule has 21 heavy (non-hydrogen) atoms. The van der Waals surface area contributed by atoms with E-state index in [1.54, 1.807) is 0 Å². The predicted octanol–water partition coefficient (Wildman–Crippen LogP) is 3.26. The molecule has 0 aliphatic heterocycles. The van der Waals surface area contributed by atoms with Crippen LogP contribution in [0.2, 0.25) is 0 Å². The van der Waals surface area contributed by atoms with Crippen LogP contribution in [0.3, 0.4) is 0 Å². The highest BCUT2D eigenvalue weighted by Gasteiger charge is 2.22. The van der Waals surface area contributed by atoms with Crippen LogP contribution in [0.15, 0.2) is 34.7 Å². The average molecular weight is 286 g/mol. The van der Waals surface area contributed by atoms with Crippen LogP contribution in [0.4, 0.5) is 11.7 Å². The molecule has 3 rings (SSSR count). The van der Waals surface area contributed by atoms with Gasteiger partial charge in [0, 0.05) is 18.3 Å². The predicted molar refractivity (Wildman–Crippen MR) is 82.5 cm³/mol. The first kappa shape index (κ1) is 14.1. The molecule has 1 aromatic carbocycles. The third kappa shape index (κ3) is 3.82. The molecule has 112 valence electrons. The number of unbranched alkanes of at least 4 members (excludes halogenated alkanes) is 1. The first-order valence-corrected chi connectivity index (χ1v) is 7.75. The highest BCUT2D eigenvalue weighted by Crippen LogP contribution is 2.25. The Bertz CT molecular complexity index is 550. The summed E-state index contributed by atoms with van der Waals surface area (Å²) in [6.45, 7) is 3.73. The van der Waals surface area contributed by atoms with E-state index in [1.807, 2.05) is 18.2 Å². The molecular weight excluding hydrogens is 264 g/mol. The van der Waals surface area contributed by atoms with E-state index < -0.39 is 0 Å². The lowest BCUT2D eigenvalue weighted by atomic mass is 10.2. The summed E-state index contributed by atoms with van der Waals surface area (Å²) in [5, 5.41) is 11.8. The molecule has 0 bridgehead atoms. The smallest absolute Gasteiger partial charge is 0.322 e. The third-order valence-corrected chi connectivity index (χ3v) is 3.61. The van der Waals surface area contributed by atoms with E-state index in [-0.39, 0.29) is 0 Å². The summed E-state index contributed by atoms with van der Waals surface area (Å²) in [4.78, 5) is 2.09. The lowest BCUT2D eigenvalue weighted by molar-refractivity contribution is 0.466. The van der Waals surface area contributed by atoms with Crippen LogP contribution in [-0.2, 0) is 6.54 Å². The Morgan fingerprint density at radius 3 is 2.76 bits per heavy atom. The van der Waals surface area contributed by atoms with Gasteiger partial charge >= 0.3 is 6.01 Å². The first-order valence-electron chi connectivity index (χ1n) is 7.75. The zero-order valence-electron chi connectivity index (χ0n) is 12.5. The van der Waals surface area contributed by atoms with Crippen molar-refractivity contribution >= 4 is 11.7 Å². The minimum absolute atomic E-state index is 0.585. The summed E-state index contributed by atoms with van der Waals surface area (Å²) in [7, 11) is 0. The largest absolute Gasteiger partial charge is 0.406 e. The fourth-order valence-corrected chi connectivity index (χ4v) is 2.20. The van der Waals surface area contributed by atoms with Gasteiger partial charge in [0.2, 0.25) is 5.89 Å². The van der Waals surface area contributed by atoms with Gasteiger partial charge in [-0.15, -0.1) is 5.10 Å². The van der Waals surface area contributed by atoms with E-state index in [0.29, 0.717) is 24.5 Å². The SMILES string of the molecule is CCCCN(c1ccccc1)c1nnc(CNC2CC2)o1. The fraction of sp³-hybridized carbons (Fsp3) is 0.500. The molecule has 0 atom stereocenters. The van der Waals surface area contributed by atoms with Crippen LogP contribution < -0.4 is 10.2 Å². The molecule has 0 radical (unpaired) electrons. The van der Waals surface area contributed by atoms with E-state index >= 15 is 0 Å². The van der Waals surface area contributed by atoms with Gasteiger partial charge in [0.1, 0.15) is 0 Å². The zero-order valence-corrected chi connectivity index (χ0v) is 12.5. The van der Waals surface area contributed by atoms with Crippen LogP contribution >= 0.6 is 0 Å².